The monoisotopic (exact) mass is 439 g/mol. The van der Waals surface area contributed by atoms with E-state index in [1.54, 1.807) is 0 Å². The second-order valence-corrected chi connectivity index (χ2v) is 9.49. The van der Waals surface area contributed by atoms with Gasteiger partial charge in [0.25, 0.3) is 0 Å². The number of para-hydroxylation sites is 1. The van der Waals surface area contributed by atoms with Gasteiger partial charge in [0.05, 0.1) is 5.69 Å². The van der Waals surface area contributed by atoms with Crippen LogP contribution >= 0.6 is 0 Å². The third-order valence-corrected chi connectivity index (χ3v) is 7.42. The summed E-state index contributed by atoms with van der Waals surface area (Å²) in [6, 6.07) is 34.8. The summed E-state index contributed by atoms with van der Waals surface area (Å²) in [6.07, 6.45) is 5.52. The lowest BCUT2D eigenvalue weighted by Gasteiger charge is -2.34. The zero-order valence-electron chi connectivity index (χ0n) is 19.2. The van der Waals surface area contributed by atoms with Gasteiger partial charge in [0.15, 0.2) is 0 Å². The summed E-state index contributed by atoms with van der Waals surface area (Å²) in [5.74, 6) is 0.941. The van der Waals surface area contributed by atoms with E-state index in [2.05, 4.69) is 121 Å². The summed E-state index contributed by atoms with van der Waals surface area (Å²) >= 11 is 0. The van der Waals surface area contributed by atoms with E-state index in [9.17, 15) is 0 Å². The van der Waals surface area contributed by atoms with Gasteiger partial charge in [0.1, 0.15) is 11.4 Å². The Bertz CT molecular complexity index is 1610. The Morgan fingerprint density at radius 2 is 1.50 bits per heavy atom. The third kappa shape index (κ3) is 2.88. The first kappa shape index (κ1) is 19.4. The molecule has 7 rings (SSSR count). The largest absolute Gasteiger partial charge is 0.478 e. The van der Waals surface area contributed by atoms with E-state index in [-0.39, 0.29) is 0 Å². The van der Waals surface area contributed by atoms with Crippen LogP contribution in [0.3, 0.4) is 0 Å². The first-order chi connectivity index (χ1) is 16.7. The van der Waals surface area contributed by atoms with Crippen molar-refractivity contribution in [2.45, 2.75) is 18.9 Å². The van der Waals surface area contributed by atoms with Crippen LogP contribution in [0.2, 0.25) is 0 Å². The van der Waals surface area contributed by atoms with Crippen molar-refractivity contribution in [3.8, 4) is 5.75 Å². The van der Waals surface area contributed by atoms with Crippen LogP contribution in [0.5, 0.6) is 5.75 Å². The molecule has 0 saturated heterocycles. The van der Waals surface area contributed by atoms with Gasteiger partial charge >= 0.3 is 0 Å². The molecule has 0 fully saturated rings. The van der Waals surface area contributed by atoms with Crippen molar-refractivity contribution in [1.82, 2.24) is 0 Å². The van der Waals surface area contributed by atoms with Gasteiger partial charge in [-0.2, -0.15) is 0 Å². The molecule has 2 nitrogen and oxygen atoms in total. The smallest absolute Gasteiger partial charge is 0.150 e. The number of ether oxygens (including phenoxy) is 1. The summed E-state index contributed by atoms with van der Waals surface area (Å²) in [5.41, 5.74) is 5.72. The summed E-state index contributed by atoms with van der Waals surface area (Å²) < 4.78 is 6.84. The van der Waals surface area contributed by atoms with Crippen molar-refractivity contribution in [2.75, 3.05) is 11.4 Å². The molecule has 5 aromatic rings. The van der Waals surface area contributed by atoms with Crippen LogP contribution in [0, 0.1) is 0 Å². The quantitative estimate of drug-likeness (QED) is 0.276. The summed E-state index contributed by atoms with van der Waals surface area (Å²) in [5, 5.41) is 4.98. The molecule has 2 heteroatoms. The number of benzene rings is 5. The maximum Gasteiger partial charge on any atom is 0.150 e. The third-order valence-electron chi connectivity index (χ3n) is 7.42. The summed E-state index contributed by atoms with van der Waals surface area (Å²) in [7, 11) is 0. The molecule has 0 spiro atoms. The van der Waals surface area contributed by atoms with Gasteiger partial charge in [-0.15, -0.1) is 0 Å². The minimum atomic E-state index is -0.528. The van der Waals surface area contributed by atoms with Gasteiger partial charge < -0.3 is 9.64 Å². The molecular formula is C32H25NO. The van der Waals surface area contributed by atoms with E-state index < -0.39 is 5.60 Å². The highest BCUT2D eigenvalue weighted by molar-refractivity contribution is 6.03. The van der Waals surface area contributed by atoms with Crippen LogP contribution < -0.4 is 9.64 Å². The molecule has 0 bridgehead atoms. The van der Waals surface area contributed by atoms with E-state index in [0.29, 0.717) is 0 Å². The van der Waals surface area contributed by atoms with Crippen LogP contribution in [0.1, 0.15) is 23.6 Å². The lowest BCUT2D eigenvalue weighted by atomic mass is 9.89. The number of anilines is 2. The Hall–Kier alpha value is -4.04. The fourth-order valence-electron chi connectivity index (χ4n) is 5.58. The Morgan fingerprint density at radius 1 is 0.735 bits per heavy atom. The zero-order valence-corrected chi connectivity index (χ0v) is 19.2. The van der Waals surface area contributed by atoms with Gasteiger partial charge in [0.2, 0.25) is 0 Å². The highest BCUT2D eigenvalue weighted by Gasteiger charge is 2.32. The first-order valence-corrected chi connectivity index (χ1v) is 12.0. The van der Waals surface area contributed by atoms with E-state index in [4.69, 9.17) is 4.74 Å². The molecule has 2 heterocycles. The minimum Gasteiger partial charge on any atom is -0.478 e. The number of fused-ring (bicyclic) bond motifs is 5. The normalized spacial score (nSPS) is 18.7. The molecule has 164 valence electrons. The van der Waals surface area contributed by atoms with Gasteiger partial charge in [-0.1, -0.05) is 84.9 Å². The molecule has 2 aliphatic heterocycles. The van der Waals surface area contributed by atoms with Crippen LogP contribution in [-0.2, 0) is 12.0 Å². The fourth-order valence-corrected chi connectivity index (χ4v) is 5.58. The Morgan fingerprint density at radius 3 is 2.41 bits per heavy atom. The molecule has 0 aromatic heterocycles. The minimum absolute atomic E-state index is 0.528. The predicted molar refractivity (Wildman–Crippen MR) is 142 cm³/mol. The van der Waals surface area contributed by atoms with E-state index in [0.717, 1.165) is 29.8 Å². The highest BCUT2D eigenvalue weighted by Crippen LogP contribution is 2.46. The number of rotatable bonds is 2. The Kier molecular flexibility index (Phi) is 4.13. The molecule has 0 saturated carbocycles. The average Bonchev–Trinajstić information content (AvgIpc) is 3.32. The second-order valence-electron chi connectivity index (χ2n) is 9.49. The first-order valence-electron chi connectivity index (χ1n) is 12.0. The maximum absolute atomic E-state index is 6.84. The zero-order chi connectivity index (χ0) is 22.7. The van der Waals surface area contributed by atoms with Crippen molar-refractivity contribution >= 4 is 39.0 Å². The van der Waals surface area contributed by atoms with Crippen LogP contribution in [0.4, 0.5) is 11.4 Å². The topological polar surface area (TPSA) is 12.5 Å². The van der Waals surface area contributed by atoms with E-state index >= 15 is 0 Å². The molecule has 0 radical (unpaired) electrons. The Labute approximate surface area is 199 Å². The molecule has 0 amide bonds. The van der Waals surface area contributed by atoms with Gasteiger partial charge in [-0.3, -0.25) is 0 Å². The van der Waals surface area contributed by atoms with Crippen LogP contribution in [0.15, 0.2) is 103 Å². The summed E-state index contributed by atoms with van der Waals surface area (Å²) in [6.45, 7) is 3.15. The lowest BCUT2D eigenvalue weighted by Crippen LogP contribution is -2.29. The average molecular weight is 440 g/mol. The van der Waals surface area contributed by atoms with Gasteiger partial charge in [-0.25, -0.2) is 0 Å². The predicted octanol–water partition coefficient (Wildman–Crippen LogP) is 8.01. The fraction of sp³-hybridized carbons (Fsp3) is 0.125. The number of nitrogens with zero attached hydrogens (tertiary/aromatic N) is 1. The molecule has 0 aliphatic carbocycles. The van der Waals surface area contributed by atoms with Crippen molar-refractivity contribution in [3.63, 3.8) is 0 Å². The Balaban J connectivity index is 1.38. The van der Waals surface area contributed by atoms with E-state index in [1.165, 1.54) is 38.5 Å². The maximum atomic E-state index is 6.84. The van der Waals surface area contributed by atoms with Crippen molar-refractivity contribution in [1.29, 1.82) is 0 Å². The molecular weight excluding hydrogens is 414 g/mol. The van der Waals surface area contributed by atoms with Crippen molar-refractivity contribution in [3.05, 3.63) is 120 Å². The number of hydrogen-bond acceptors (Lipinski definition) is 2. The molecule has 0 N–H and O–H groups in total. The van der Waals surface area contributed by atoms with Crippen molar-refractivity contribution in [2.24, 2.45) is 0 Å². The summed E-state index contributed by atoms with van der Waals surface area (Å²) in [4.78, 5) is 2.45. The van der Waals surface area contributed by atoms with Gasteiger partial charge in [0, 0.05) is 29.2 Å². The highest BCUT2D eigenvalue weighted by atomic mass is 16.5. The second kappa shape index (κ2) is 7.23. The lowest BCUT2D eigenvalue weighted by molar-refractivity contribution is 0.139. The molecule has 34 heavy (non-hydrogen) atoms. The molecule has 1 unspecified atom stereocenters. The van der Waals surface area contributed by atoms with Gasteiger partial charge in [-0.05, 0) is 58.8 Å². The molecule has 5 aromatic carbocycles. The standard InChI is InChI=1S/C32H25NO/c1-32(25-15-14-22-8-2-3-10-24(22)20-25)18-16-28-26-11-5-6-12-27(26)30(21-31(28)34-32)33-19-17-23-9-4-7-13-29(23)33/h2-16,18,20-21H,17,19H2,1H3. The van der Waals surface area contributed by atoms with Crippen molar-refractivity contribution < 1.29 is 4.74 Å². The molecule has 1 atom stereocenters. The van der Waals surface area contributed by atoms with Crippen LogP contribution in [-0.4, -0.2) is 6.54 Å². The SMILES string of the molecule is CC1(c2ccc3ccccc3c2)C=Cc2c(cc(N3CCc4ccccc43)c3ccccc23)O1. The van der Waals surface area contributed by atoms with Crippen LogP contribution in [0.25, 0.3) is 27.6 Å². The van der Waals surface area contributed by atoms with E-state index in [1.807, 2.05) is 0 Å². The number of hydrogen-bond donors (Lipinski definition) is 0. The molecule has 2 aliphatic rings.